The van der Waals surface area contributed by atoms with Crippen LogP contribution in [0, 0.1) is 27.3 Å². The van der Waals surface area contributed by atoms with Crippen molar-refractivity contribution in [3.05, 3.63) is 124 Å². The smallest absolute Gasteiger partial charge is 0.312 e. The lowest BCUT2D eigenvalue weighted by Gasteiger charge is -2.58. The number of carbonyl (C=O) groups excluding carboxylic acids is 1. The minimum atomic E-state index is -4.72. The second-order valence-corrected chi connectivity index (χ2v) is 23.6. The van der Waals surface area contributed by atoms with Crippen LogP contribution in [0.5, 0.6) is 23.1 Å². The van der Waals surface area contributed by atoms with E-state index in [-0.39, 0.29) is 45.6 Å². The van der Waals surface area contributed by atoms with E-state index in [0.29, 0.717) is 68.0 Å². The normalized spacial score (nSPS) is 21.2. The molecule has 2 aliphatic heterocycles. The van der Waals surface area contributed by atoms with Crippen molar-refractivity contribution in [1.82, 2.24) is 34.5 Å². The molecule has 4 aliphatic rings. The van der Waals surface area contributed by atoms with Crippen molar-refractivity contribution < 1.29 is 41.8 Å². The van der Waals surface area contributed by atoms with Gasteiger partial charge in [0.1, 0.15) is 27.9 Å². The van der Waals surface area contributed by atoms with Crippen LogP contribution in [0.15, 0.2) is 90.3 Å². The number of hydrogen-bond donors (Lipinski definition) is 4. The zero-order valence-corrected chi connectivity index (χ0v) is 44.9. The fourth-order valence-corrected chi connectivity index (χ4v) is 13.0. The molecular weight excluding hydrogens is 1010 g/mol. The lowest BCUT2D eigenvalue weighted by molar-refractivity contribution is -0.384. The number of fused-ring (bicyclic) bond motifs is 1. The van der Waals surface area contributed by atoms with E-state index in [0.717, 1.165) is 81.9 Å². The number of amides is 1. The summed E-state index contributed by atoms with van der Waals surface area (Å²) >= 11 is 0. The number of H-pyrrole nitrogens is 1. The topological polar surface area (TPSA) is 231 Å². The van der Waals surface area contributed by atoms with Crippen LogP contribution in [-0.2, 0) is 16.6 Å². The van der Waals surface area contributed by atoms with Gasteiger partial charge >= 0.3 is 5.69 Å². The Balaban J connectivity index is 0.842. The predicted molar refractivity (Wildman–Crippen MR) is 289 cm³/mol. The van der Waals surface area contributed by atoms with E-state index in [2.05, 4.69) is 82.8 Å². The molecule has 0 unspecified atom stereocenters. The predicted octanol–water partition coefficient (Wildman–Crippen LogP) is 9.11. The molecule has 1 atom stereocenters. The second kappa shape index (κ2) is 21.8. The molecule has 77 heavy (non-hydrogen) atoms. The number of halogens is 1. The molecule has 4 N–H and O–H groups in total. The third-order valence-electron chi connectivity index (χ3n) is 16.4. The number of piperidine rings is 1. The first kappa shape index (κ1) is 53.5. The fourth-order valence-electron chi connectivity index (χ4n) is 12.0. The molecule has 21 heteroatoms. The Hall–Kier alpha value is -6.94. The van der Waals surface area contributed by atoms with Gasteiger partial charge in [0.05, 0.1) is 48.1 Å². The number of hydrogen-bond acceptors (Lipinski definition) is 16. The van der Waals surface area contributed by atoms with Gasteiger partial charge in [0.25, 0.3) is 21.8 Å². The zero-order chi connectivity index (χ0) is 54.2. The Kier molecular flexibility index (Phi) is 15.2. The van der Waals surface area contributed by atoms with Gasteiger partial charge in [-0.05, 0) is 111 Å². The molecule has 408 valence electrons. The van der Waals surface area contributed by atoms with Crippen LogP contribution in [0.1, 0.15) is 111 Å². The van der Waals surface area contributed by atoms with Crippen LogP contribution in [0.4, 0.5) is 21.6 Å². The molecule has 19 nitrogen and oxygen atoms in total. The zero-order valence-electron chi connectivity index (χ0n) is 44.1. The Labute approximate surface area is 447 Å². The van der Waals surface area contributed by atoms with Crippen molar-refractivity contribution in [3.8, 4) is 23.1 Å². The highest BCUT2D eigenvalue weighted by Gasteiger charge is 2.50. The van der Waals surface area contributed by atoms with Crippen molar-refractivity contribution in [2.45, 2.75) is 107 Å². The van der Waals surface area contributed by atoms with Gasteiger partial charge in [0.2, 0.25) is 5.82 Å². The molecule has 1 spiro atoms. The Morgan fingerprint density at radius 1 is 0.974 bits per heavy atom. The Morgan fingerprint density at radius 2 is 1.74 bits per heavy atom. The van der Waals surface area contributed by atoms with Crippen molar-refractivity contribution in [2.75, 3.05) is 63.7 Å². The first-order valence-electron chi connectivity index (χ1n) is 26.4. The minimum Gasteiger partial charge on any atom is -0.491 e. The molecule has 0 radical (unpaired) electrons. The number of benzene rings is 2. The SMILES string of the molecule is COc1nccc(CN2CCN(C3CC4(CCN(c5ccc(C(=O)NS(=O)(=O)c6cnc(NCC7CCC(C)(O)CC7)c([N+](=O)[O-])c6)c(Oc6cnc7[nH]cc(F)c7c6)c5)CC4)C3)[C@H](c3ccccc3C(C)C)C2)c1OC. The lowest BCUT2D eigenvalue weighted by atomic mass is 9.59. The maximum absolute atomic E-state index is 14.7. The number of rotatable bonds is 17. The highest BCUT2D eigenvalue weighted by atomic mass is 32.2. The summed E-state index contributed by atoms with van der Waals surface area (Å²) in [5.41, 5.74) is 3.50. The molecule has 2 saturated carbocycles. The van der Waals surface area contributed by atoms with E-state index in [4.69, 9.17) is 14.2 Å². The number of carbonyl (C=O) groups is 1. The van der Waals surface area contributed by atoms with E-state index in [1.165, 1.54) is 35.7 Å². The Morgan fingerprint density at radius 3 is 2.47 bits per heavy atom. The summed E-state index contributed by atoms with van der Waals surface area (Å²) in [6.07, 6.45) is 11.9. The summed E-state index contributed by atoms with van der Waals surface area (Å²) in [6.45, 7) is 11.5. The standard InChI is InChI=1S/C56H67FN10O9S/c1-35(2)42-8-6-7-9-43(42)48-34-64(33-37-14-19-58-54(75-5)50(37)74-4)22-23-66(48)39-27-56(28-39)17-20-65(21-18-56)38-10-11-44(49(24-38)76-40-25-45-46(57)32-62-51(45)60-30-40)53(68)63-77(72,73)41-26-47(67(70)71)52(61-31-41)59-29-36-12-15-55(3,69)16-13-36/h6-11,14,19,24-26,30-32,35-36,39,48,69H,12-13,15-18,20-23,27-29,33-34H2,1-5H3,(H,59,61)(H,60,62)(H,63,68)/t36?,48-,55?/m0/s1. The number of piperazine rings is 1. The summed E-state index contributed by atoms with van der Waals surface area (Å²) < 4.78 is 62.0. The van der Waals surface area contributed by atoms with Crippen molar-refractivity contribution in [1.29, 1.82) is 0 Å². The van der Waals surface area contributed by atoms with E-state index in [1.807, 2.05) is 6.07 Å². The van der Waals surface area contributed by atoms with E-state index >= 15 is 0 Å². The number of nitrogens with one attached hydrogen (secondary N) is 3. The van der Waals surface area contributed by atoms with E-state index in [1.54, 1.807) is 39.5 Å². The molecule has 6 aromatic rings. The fraction of sp³-hybridized carbons (Fsp3) is 0.464. The number of anilines is 2. The molecule has 4 aromatic heterocycles. The highest BCUT2D eigenvalue weighted by Crippen LogP contribution is 2.53. The van der Waals surface area contributed by atoms with Crippen LogP contribution in [0.3, 0.4) is 0 Å². The van der Waals surface area contributed by atoms with Gasteiger partial charge in [-0.2, -0.15) is 0 Å². The number of sulfonamides is 1. The van der Waals surface area contributed by atoms with Crippen LogP contribution in [0.2, 0.25) is 0 Å². The average Bonchev–Trinajstić information content (AvgIpc) is 3.80. The number of nitrogens with zero attached hydrogens (tertiary/aromatic N) is 7. The summed E-state index contributed by atoms with van der Waals surface area (Å²) in [7, 11) is -1.46. The van der Waals surface area contributed by atoms with Crippen molar-refractivity contribution >= 4 is 44.2 Å². The number of aromatic amines is 1. The largest absolute Gasteiger partial charge is 0.491 e. The summed E-state index contributed by atoms with van der Waals surface area (Å²) in [5, 5.41) is 25.7. The molecule has 6 heterocycles. The summed E-state index contributed by atoms with van der Waals surface area (Å²) in [5.74, 6) is 0.0236. The van der Waals surface area contributed by atoms with Crippen LogP contribution >= 0.6 is 0 Å². The molecule has 2 aromatic carbocycles. The third-order valence-corrected chi connectivity index (χ3v) is 17.7. The van der Waals surface area contributed by atoms with Gasteiger partial charge in [0.15, 0.2) is 5.75 Å². The van der Waals surface area contributed by atoms with Gasteiger partial charge in [0, 0.05) is 93.7 Å². The lowest BCUT2D eigenvalue weighted by Crippen LogP contribution is -2.60. The van der Waals surface area contributed by atoms with Gasteiger partial charge in [-0.3, -0.25) is 24.7 Å². The first-order valence-corrected chi connectivity index (χ1v) is 27.9. The molecule has 0 bridgehead atoms. The minimum absolute atomic E-state index is 0.00228. The van der Waals surface area contributed by atoms with Gasteiger partial charge in [-0.15, -0.1) is 0 Å². The number of aromatic nitrogens is 4. The monoisotopic (exact) mass is 1070 g/mol. The molecule has 2 saturated heterocycles. The summed E-state index contributed by atoms with van der Waals surface area (Å²) in [6, 6.07) is 18.7. The number of ether oxygens (including phenoxy) is 3. The number of methoxy groups -OCH3 is 2. The maximum Gasteiger partial charge on any atom is 0.312 e. The molecule has 2 aliphatic carbocycles. The molecular formula is C56H67FN10O9S. The van der Waals surface area contributed by atoms with Crippen molar-refractivity contribution in [3.63, 3.8) is 0 Å². The van der Waals surface area contributed by atoms with Gasteiger partial charge in [-0.25, -0.2) is 32.5 Å². The average molecular weight is 1080 g/mol. The molecule has 4 fully saturated rings. The van der Waals surface area contributed by atoms with E-state index < -0.39 is 42.9 Å². The Bertz CT molecular complexity index is 3260. The number of nitro groups is 1. The van der Waals surface area contributed by atoms with Gasteiger partial charge < -0.3 is 34.5 Å². The number of pyridine rings is 3. The van der Waals surface area contributed by atoms with E-state index in [9.17, 15) is 32.8 Å². The molecule has 1 amide bonds. The van der Waals surface area contributed by atoms with Crippen LogP contribution < -0.4 is 29.1 Å². The van der Waals surface area contributed by atoms with Crippen LogP contribution in [-0.4, -0.2) is 119 Å². The second-order valence-electron chi connectivity index (χ2n) is 21.9. The number of aliphatic hydroxyl groups is 1. The first-order chi connectivity index (χ1) is 36.9. The highest BCUT2D eigenvalue weighted by molar-refractivity contribution is 7.90. The summed E-state index contributed by atoms with van der Waals surface area (Å²) in [4.78, 5) is 48.0. The van der Waals surface area contributed by atoms with Gasteiger partial charge in [-0.1, -0.05) is 38.1 Å². The maximum atomic E-state index is 14.7. The third kappa shape index (κ3) is 11.4. The van der Waals surface area contributed by atoms with Crippen molar-refractivity contribution in [2.24, 2.45) is 11.3 Å². The molecule has 10 rings (SSSR count). The van der Waals surface area contributed by atoms with Crippen LogP contribution in [0.25, 0.3) is 11.0 Å². The quantitative estimate of drug-likeness (QED) is 0.0493.